The first kappa shape index (κ1) is 5.84. The fourth-order valence-corrected chi connectivity index (χ4v) is 0.107. The Morgan fingerprint density at radius 3 is 2.33 bits per heavy atom. The average Bonchev–Trinajstić information content (AvgIpc) is 1.61. The molecule has 0 spiro atoms. The van der Waals surface area contributed by atoms with Crippen LogP contribution in [0.4, 0.5) is 0 Å². The number of nitrogens with two attached hydrogens (primary N) is 1. The summed E-state index contributed by atoms with van der Waals surface area (Å²) in [6.07, 6.45) is 0. The minimum Gasteiger partial charge on any atom is -0.302 e. The molecule has 0 rings (SSSR count). The maximum Gasteiger partial charge on any atom is 0.131 e. The molecule has 0 aliphatic heterocycles. The van der Waals surface area contributed by atoms with Crippen molar-refractivity contribution >= 4 is 0 Å². The third kappa shape index (κ3) is 3.84. The summed E-state index contributed by atoms with van der Waals surface area (Å²) in [5.74, 6) is 7.69. The van der Waals surface area contributed by atoms with Gasteiger partial charge in [0.25, 0.3) is 0 Å². The monoisotopic (exact) mass is 93.1 g/mol. The second-order valence-electron chi connectivity index (χ2n) is 0.779. The molecule has 0 aliphatic rings. The van der Waals surface area contributed by atoms with Crippen LogP contribution >= 0.6 is 0 Å². The Balaban J connectivity index is 2.34. The van der Waals surface area contributed by atoms with Gasteiger partial charge in [-0.1, -0.05) is 0 Å². The van der Waals surface area contributed by atoms with E-state index in [-0.39, 0.29) is 0 Å². The Labute approximate surface area is 35.9 Å². The quantitative estimate of drug-likeness (QED) is 0.314. The summed E-state index contributed by atoms with van der Waals surface area (Å²) in [5.41, 5.74) is 0. The summed E-state index contributed by atoms with van der Waals surface area (Å²) in [5, 5.41) is 0. The predicted molar refractivity (Wildman–Crippen MR) is 19.0 cm³/mol. The zero-order valence-electron chi connectivity index (χ0n) is 3.52. The number of hydrogen-bond acceptors (Lipinski definition) is 3. The normalized spacial score (nSPS) is 9.00. The van der Waals surface area contributed by atoms with Crippen LogP contribution in [0.25, 0.3) is 0 Å². The highest BCUT2D eigenvalue weighted by Crippen LogP contribution is 1.57. The van der Waals surface area contributed by atoms with Gasteiger partial charge in [-0.05, 0) is 0 Å². The van der Waals surface area contributed by atoms with E-state index in [1.54, 1.807) is 0 Å². The van der Waals surface area contributed by atoms with Crippen LogP contribution in [0.5, 0.6) is 0 Å². The molecule has 0 radical (unpaired) electrons. The van der Waals surface area contributed by atoms with E-state index in [4.69, 9.17) is 0 Å². The predicted octanol–water partition coefficient (Wildman–Crippen LogP) is -1.95. The molecule has 0 saturated heterocycles. The molecule has 0 saturated carbocycles. The van der Waals surface area contributed by atoms with Crippen molar-refractivity contribution in [3.63, 3.8) is 0 Å². The van der Waals surface area contributed by atoms with E-state index in [0.29, 0.717) is 13.2 Å². The van der Waals surface area contributed by atoms with Gasteiger partial charge in [0, 0.05) is 0 Å². The summed E-state index contributed by atoms with van der Waals surface area (Å²) in [6, 6.07) is 0. The molecule has 0 heterocycles. The van der Waals surface area contributed by atoms with Gasteiger partial charge in [0.15, 0.2) is 0 Å². The molecule has 0 fully saturated rings. The van der Waals surface area contributed by atoms with Gasteiger partial charge < -0.3 is 4.84 Å². The van der Waals surface area contributed by atoms with E-state index in [0.717, 1.165) is 0 Å². The molecule has 0 aliphatic carbocycles. The maximum absolute atomic E-state index is 4.61. The third-order valence-corrected chi connectivity index (χ3v) is 0.346. The van der Waals surface area contributed by atoms with Gasteiger partial charge in [-0.15, -0.1) is 0 Å². The summed E-state index contributed by atoms with van der Waals surface area (Å²) in [6.45, 7) is 0.861. The van der Waals surface area contributed by atoms with Crippen molar-refractivity contribution in [2.45, 2.75) is 0 Å². The lowest BCUT2D eigenvalue weighted by Crippen LogP contribution is -2.49. The van der Waals surface area contributed by atoms with Crippen molar-refractivity contribution in [2.75, 3.05) is 13.2 Å². The third-order valence-electron chi connectivity index (χ3n) is 0.346. The summed E-state index contributed by atoms with van der Waals surface area (Å²) >= 11 is 0. The molecular formula is C2H9N2O2+. The molecule has 0 unspecified atom stereocenters. The molecule has 0 aromatic carbocycles. The molecule has 0 amide bonds. The highest BCUT2D eigenvalue weighted by molar-refractivity contribution is 4.13. The van der Waals surface area contributed by atoms with Gasteiger partial charge in [-0.3, -0.25) is 0 Å². The van der Waals surface area contributed by atoms with Crippen molar-refractivity contribution in [2.24, 2.45) is 5.90 Å². The SMILES string of the molecule is NOCCO[NH3+]. The molecule has 5 N–H and O–H groups in total. The van der Waals surface area contributed by atoms with E-state index in [1.807, 2.05) is 0 Å². The largest absolute Gasteiger partial charge is 0.302 e. The number of rotatable bonds is 3. The lowest BCUT2D eigenvalue weighted by Gasteiger charge is -1.87. The van der Waals surface area contributed by atoms with E-state index in [2.05, 4.69) is 21.5 Å². The van der Waals surface area contributed by atoms with Crippen LogP contribution in [0.3, 0.4) is 0 Å². The fraction of sp³-hybridized carbons (Fsp3) is 1.00. The van der Waals surface area contributed by atoms with Crippen molar-refractivity contribution in [3.8, 4) is 0 Å². The average molecular weight is 93.1 g/mol. The van der Waals surface area contributed by atoms with Crippen LogP contribution in [0.15, 0.2) is 0 Å². The Kier molecular flexibility index (Phi) is 4.71. The summed E-state index contributed by atoms with van der Waals surface area (Å²) in [7, 11) is 0. The van der Waals surface area contributed by atoms with Gasteiger partial charge >= 0.3 is 0 Å². The van der Waals surface area contributed by atoms with Crippen LogP contribution < -0.4 is 11.8 Å². The summed E-state index contributed by atoms with van der Waals surface area (Å²) in [4.78, 5) is 8.44. The minimum absolute atomic E-state index is 0.406. The van der Waals surface area contributed by atoms with E-state index < -0.39 is 0 Å². The van der Waals surface area contributed by atoms with Crippen LogP contribution in [0.2, 0.25) is 0 Å². The highest BCUT2D eigenvalue weighted by Gasteiger charge is 1.77. The summed E-state index contributed by atoms with van der Waals surface area (Å²) < 4.78 is 0. The van der Waals surface area contributed by atoms with E-state index in [1.165, 1.54) is 0 Å². The molecule has 38 valence electrons. The van der Waals surface area contributed by atoms with Gasteiger partial charge in [-0.25, -0.2) is 16.6 Å². The standard InChI is InChI=1S/C2H9N2O2/c3-5-1-2-6-4/h1-3H2,4H3/q+1. The van der Waals surface area contributed by atoms with Gasteiger partial charge in [0.05, 0.1) is 6.61 Å². The first-order valence-electron chi connectivity index (χ1n) is 1.60. The Morgan fingerprint density at radius 2 is 2.17 bits per heavy atom. The second kappa shape index (κ2) is 4.84. The second-order valence-corrected chi connectivity index (χ2v) is 0.779. The molecule has 0 bridgehead atoms. The topological polar surface area (TPSA) is 72.1 Å². The number of quaternary nitrogens is 1. The lowest BCUT2D eigenvalue weighted by molar-refractivity contribution is -0.689. The van der Waals surface area contributed by atoms with Gasteiger partial charge in [-0.2, -0.15) is 0 Å². The van der Waals surface area contributed by atoms with Crippen molar-refractivity contribution in [1.29, 1.82) is 0 Å². The molecule has 4 nitrogen and oxygen atoms in total. The van der Waals surface area contributed by atoms with Crippen LogP contribution in [0.1, 0.15) is 0 Å². The Hall–Kier alpha value is -0.160. The van der Waals surface area contributed by atoms with Crippen LogP contribution in [-0.2, 0) is 9.68 Å². The van der Waals surface area contributed by atoms with Gasteiger partial charge in [0.2, 0.25) is 0 Å². The van der Waals surface area contributed by atoms with Gasteiger partial charge in [0.1, 0.15) is 6.61 Å². The molecule has 0 atom stereocenters. The fourth-order valence-electron chi connectivity index (χ4n) is 0.107. The lowest BCUT2D eigenvalue weighted by atomic mass is 10.8. The molecule has 0 aromatic rings. The number of hydrogen-bond donors (Lipinski definition) is 2. The van der Waals surface area contributed by atoms with E-state index >= 15 is 0 Å². The molecule has 4 heteroatoms. The van der Waals surface area contributed by atoms with Crippen LogP contribution in [0, 0.1) is 0 Å². The first-order valence-corrected chi connectivity index (χ1v) is 1.60. The Bertz CT molecular complexity index is 21.5. The Morgan fingerprint density at radius 1 is 1.50 bits per heavy atom. The zero-order valence-corrected chi connectivity index (χ0v) is 3.52. The minimum atomic E-state index is 0.406. The zero-order chi connectivity index (χ0) is 4.83. The molecule has 0 aromatic heterocycles. The van der Waals surface area contributed by atoms with E-state index in [9.17, 15) is 0 Å². The molecular weight excluding hydrogens is 84.0 g/mol. The molecule has 6 heavy (non-hydrogen) atoms. The van der Waals surface area contributed by atoms with Crippen molar-refractivity contribution in [3.05, 3.63) is 0 Å². The van der Waals surface area contributed by atoms with Crippen molar-refractivity contribution < 1.29 is 15.6 Å². The van der Waals surface area contributed by atoms with Crippen LogP contribution in [-0.4, -0.2) is 13.2 Å². The smallest absolute Gasteiger partial charge is 0.131 e. The van der Waals surface area contributed by atoms with Crippen molar-refractivity contribution in [1.82, 2.24) is 0 Å². The highest BCUT2D eigenvalue weighted by atomic mass is 16.7. The first-order chi connectivity index (χ1) is 2.91. The maximum atomic E-state index is 4.61.